The summed E-state index contributed by atoms with van der Waals surface area (Å²) >= 11 is 4.24. The van der Waals surface area contributed by atoms with Gasteiger partial charge in [0.25, 0.3) is 0 Å². The quantitative estimate of drug-likeness (QED) is 0.266. The highest BCUT2D eigenvalue weighted by Gasteiger charge is 2.28. The van der Waals surface area contributed by atoms with Crippen molar-refractivity contribution in [2.45, 2.75) is 51.5 Å². The third-order valence-electron chi connectivity index (χ3n) is 3.87. The first kappa shape index (κ1) is 22.8. The average Bonchev–Trinajstić information content (AvgIpc) is 3.12. The molecule has 0 saturated heterocycles. The van der Waals surface area contributed by atoms with Crippen molar-refractivity contribution in [3.05, 3.63) is 53.0 Å². The van der Waals surface area contributed by atoms with Gasteiger partial charge in [-0.15, -0.1) is 0 Å². The van der Waals surface area contributed by atoms with E-state index in [0.717, 1.165) is 16.9 Å². The molecule has 1 aliphatic heterocycles. The maximum Gasteiger partial charge on any atom is 0.414 e. The molecular weight excluding hydrogens is 366 g/mol. The Morgan fingerprint density at radius 3 is 2.56 bits per heavy atom. The molecule has 150 valence electrons. The van der Waals surface area contributed by atoms with E-state index in [2.05, 4.69) is 31.1 Å². The molecule has 1 saturated carbocycles. The Morgan fingerprint density at radius 1 is 1.52 bits per heavy atom. The minimum absolute atomic E-state index is 0.0632. The monoisotopic (exact) mass is 395 g/mol. The number of ether oxygens (including phenoxy) is 2. The molecule has 8 heteroatoms. The molecule has 3 rings (SSSR count). The van der Waals surface area contributed by atoms with Crippen molar-refractivity contribution in [3.8, 4) is 6.01 Å². The fourth-order valence-corrected chi connectivity index (χ4v) is 3.24. The number of hydrogen-bond donors (Lipinski definition) is 1. The Labute approximate surface area is 166 Å². The molecule has 0 radical (unpaired) electrons. The van der Waals surface area contributed by atoms with E-state index >= 15 is 0 Å². The van der Waals surface area contributed by atoms with Crippen molar-refractivity contribution in [2.75, 3.05) is 7.11 Å². The zero-order valence-electron chi connectivity index (χ0n) is 16.4. The predicted octanol–water partition coefficient (Wildman–Crippen LogP) is 4.57. The van der Waals surface area contributed by atoms with Crippen LogP contribution >= 0.6 is 12.6 Å². The van der Waals surface area contributed by atoms with Crippen LogP contribution in [-0.4, -0.2) is 32.9 Å². The van der Waals surface area contributed by atoms with Gasteiger partial charge in [-0.1, -0.05) is 25.7 Å². The first-order chi connectivity index (χ1) is 12.8. The minimum Gasteiger partial charge on any atom is -0.497 e. The van der Waals surface area contributed by atoms with Crippen LogP contribution in [0, 0.1) is 16.0 Å². The zero-order chi connectivity index (χ0) is 20.4. The van der Waals surface area contributed by atoms with Gasteiger partial charge in [0.05, 0.1) is 13.7 Å². The second-order valence-corrected chi connectivity index (χ2v) is 7.19. The molecule has 1 aliphatic carbocycles. The number of aromatic nitrogens is 2. The molecule has 1 aromatic heterocycles. The van der Waals surface area contributed by atoms with E-state index in [9.17, 15) is 10.1 Å². The van der Waals surface area contributed by atoms with Crippen LogP contribution in [0.1, 0.15) is 33.6 Å². The molecule has 0 amide bonds. The summed E-state index contributed by atoms with van der Waals surface area (Å²) in [6, 6.07) is 0.342. The number of nitro groups is 1. The Kier molecular flexibility index (Phi) is 9.71. The molecule has 7 nitrogen and oxygen atoms in total. The molecule has 1 aromatic rings. The molecule has 0 aromatic carbocycles. The Morgan fingerprint density at radius 2 is 2.19 bits per heavy atom. The summed E-state index contributed by atoms with van der Waals surface area (Å²) < 4.78 is 11.8. The highest BCUT2D eigenvalue weighted by Crippen LogP contribution is 2.30. The van der Waals surface area contributed by atoms with Crippen molar-refractivity contribution >= 4 is 18.4 Å². The first-order valence-electron chi connectivity index (χ1n) is 8.86. The number of fused-ring (bicyclic) bond motifs is 1. The van der Waals surface area contributed by atoms with Crippen LogP contribution in [0.25, 0.3) is 0 Å². The lowest BCUT2D eigenvalue weighted by molar-refractivity contribution is -0.389. The van der Waals surface area contributed by atoms with E-state index in [1.165, 1.54) is 19.0 Å². The van der Waals surface area contributed by atoms with Gasteiger partial charge in [-0.25, -0.2) is 0 Å². The summed E-state index contributed by atoms with van der Waals surface area (Å²) in [6.07, 6.45) is 11.4. The van der Waals surface area contributed by atoms with Crippen LogP contribution in [-0.2, 0) is 11.3 Å². The SMILES string of the molecule is C=C/C=C(\C=C/C)OC.CC1CC(S)C1.CC1Cn2cc([N+](=O)[O-])nc2O1. The summed E-state index contributed by atoms with van der Waals surface area (Å²) in [5, 5.41) is 11.0. The van der Waals surface area contributed by atoms with Gasteiger partial charge in [0.15, 0.2) is 0 Å². The van der Waals surface area contributed by atoms with Crippen LogP contribution in [0.2, 0.25) is 0 Å². The summed E-state index contributed by atoms with van der Waals surface area (Å²) in [5.74, 6) is 1.64. The Hall–Kier alpha value is -2.22. The Bertz CT molecular complexity index is 649. The Balaban J connectivity index is 0.000000216. The minimum atomic E-state index is -0.528. The molecule has 0 spiro atoms. The van der Waals surface area contributed by atoms with E-state index in [0.29, 0.717) is 12.6 Å². The highest BCUT2D eigenvalue weighted by atomic mass is 32.1. The van der Waals surface area contributed by atoms with Crippen LogP contribution in [0.4, 0.5) is 5.82 Å². The number of allylic oxidation sites excluding steroid dienone is 4. The summed E-state index contributed by atoms with van der Waals surface area (Å²) in [6.45, 7) is 10.3. The third-order valence-corrected chi connectivity index (χ3v) is 4.29. The van der Waals surface area contributed by atoms with Gasteiger partial charge < -0.3 is 19.6 Å². The molecule has 2 aliphatic rings. The van der Waals surface area contributed by atoms with E-state index in [1.54, 1.807) is 23.8 Å². The summed E-state index contributed by atoms with van der Waals surface area (Å²) in [5.41, 5.74) is 0. The van der Waals surface area contributed by atoms with Crippen LogP contribution in [0.15, 0.2) is 42.8 Å². The molecular formula is C19H29N3O4S. The number of hydrogen-bond acceptors (Lipinski definition) is 6. The fraction of sp³-hybridized carbons (Fsp3) is 0.526. The van der Waals surface area contributed by atoms with Gasteiger partial charge in [-0.3, -0.25) is 4.57 Å². The molecule has 1 fully saturated rings. The summed E-state index contributed by atoms with van der Waals surface area (Å²) in [4.78, 5) is 13.4. The smallest absolute Gasteiger partial charge is 0.414 e. The van der Waals surface area contributed by atoms with Gasteiger partial charge >= 0.3 is 11.8 Å². The van der Waals surface area contributed by atoms with Crippen molar-refractivity contribution in [2.24, 2.45) is 5.92 Å². The molecule has 0 N–H and O–H groups in total. The van der Waals surface area contributed by atoms with Crippen molar-refractivity contribution in [1.82, 2.24) is 9.55 Å². The molecule has 1 unspecified atom stereocenters. The first-order valence-corrected chi connectivity index (χ1v) is 9.38. The molecule has 0 bridgehead atoms. The lowest BCUT2D eigenvalue weighted by Gasteiger charge is -2.27. The van der Waals surface area contributed by atoms with Crippen LogP contribution < -0.4 is 4.74 Å². The van der Waals surface area contributed by atoms with E-state index in [4.69, 9.17) is 9.47 Å². The number of nitrogens with zero attached hydrogens (tertiary/aromatic N) is 3. The average molecular weight is 396 g/mol. The second-order valence-electron chi connectivity index (χ2n) is 6.46. The topological polar surface area (TPSA) is 79.4 Å². The number of thiol groups is 1. The largest absolute Gasteiger partial charge is 0.497 e. The number of rotatable bonds is 4. The van der Waals surface area contributed by atoms with Gasteiger partial charge in [0.1, 0.15) is 18.1 Å². The number of methoxy groups -OCH3 is 1. The van der Waals surface area contributed by atoms with Gasteiger partial charge in [0, 0.05) is 10.2 Å². The van der Waals surface area contributed by atoms with Gasteiger partial charge in [-0.2, -0.15) is 12.6 Å². The van der Waals surface area contributed by atoms with E-state index in [1.807, 2.05) is 26.0 Å². The fourth-order valence-electron chi connectivity index (χ4n) is 2.52. The highest BCUT2D eigenvalue weighted by molar-refractivity contribution is 7.81. The van der Waals surface area contributed by atoms with E-state index < -0.39 is 4.92 Å². The predicted molar refractivity (Wildman–Crippen MR) is 110 cm³/mol. The van der Waals surface area contributed by atoms with Crippen molar-refractivity contribution in [3.63, 3.8) is 0 Å². The molecule has 27 heavy (non-hydrogen) atoms. The normalized spacial score (nSPS) is 23.0. The lowest BCUT2D eigenvalue weighted by Crippen LogP contribution is -2.20. The van der Waals surface area contributed by atoms with E-state index in [-0.39, 0.29) is 11.9 Å². The molecule has 2 heterocycles. The van der Waals surface area contributed by atoms with Crippen LogP contribution in [0.3, 0.4) is 0 Å². The third kappa shape index (κ3) is 7.90. The molecule has 1 atom stereocenters. The maximum absolute atomic E-state index is 10.3. The van der Waals surface area contributed by atoms with Crippen molar-refractivity contribution < 1.29 is 14.4 Å². The maximum atomic E-state index is 10.3. The van der Waals surface area contributed by atoms with Crippen LogP contribution in [0.5, 0.6) is 6.01 Å². The van der Waals surface area contributed by atoms with Gasteiger partial charge in [-0.05, 0) is 49.7 Å². The van der Waals surface area contributed by atoms with Crippen molar-refractivity contribution in [1.29, 1.82) is 0 Å². The summed E-state index contributed by atoms with van der Waals surface area (Å²) in [7, 11) is 1.63. The van der Waals surface area contributed by atoms with Gasteiger partial charge in [0.2, 0.25) is 0 Å². The number of imidazole rings is 1. The lowest BCUT2D eigenvalue weighted by atomic mass is 9.87. The second kappa shape index (κ2) is 11.5. The standard InChI is InChI=1S/C8H12O.C6H7N3O3.C5H10S/c1-4-6-8(9-3)7-5-2;1-4-2-8-3-5(9(10)11)7-6(8)12-4;1-4-2-5(6)3-4/h4-7H,1H2,2-3H3;3-4H,2H2,1H3;4-6H,2-3H2,1H3/b7-5-,8-6+;;. The zero-order valence-corrected chi connectivity index (χ0v) is 17.3.